The summed E-state index contributed by atoms with van der Waals surface area (Å²) < 4.78 is 14.2. The molecule has 2 aromatic heterocycles. The topological polar surface area (TPSA) is 26.3 Å². The molecule has 0 radical (unpaired) electrons. The minimum absolute atomic E-state index is 0. The van der Waals surface area contributed by atoms with Crippen molar-refractivity contribution >= 4 is 23.3 Å². The monoisotopic (exact) mass is 938 g/mol. The molecule has 0 fully saturated rings. The van der Waals surface area contributed by atoms with Crippen LogP contribution in [0.2, 0.25) is 0 Å². The average Bonchev–Trinajstić information content (AvgIpc) is 4.15. The van der Waals surface area contributed by atoms with Gasteiger partial charge in [-0.2, -0.15) is 0 Å². The van der Waals surface area contributed by atoms with Crippen LogP contribution in [-0.2, 0) is 23.2 Å². The van der Waals surface area contributed by atoms with E-state index >= 15 is 0 Å². The van der Waals surface area contributed by atoms with E-state index in [9.17, 15) is 0 Å². The summed E-state index contributed by atoms with van der Waals surface area (Å²) in [6.45, 7) is 9.16. The second-order valence-electron chi connectivity index (χ2n) is 16.8. The Morgan fingerprint density at radius 1 is 0.413 bits per heavy atom. The van der Waals surface area contributed by atoms with Gasteiger partial charge in [-0.25, -0.2) is 0 Å². The quantitative estimate of drug-likeness (QED) is 0.122. The molecular weight excluding hydrogens is 891 g/mol. The van der Waals surface area contributed by atoms with Gasteiger partial charge in [0.15, 0.2) is 0 Å². The molecule has 63 heavy (non-hydrogen) atoms. The van der Waals surface area contributed by atoms with Crippen LogP contribution in [0, 0.1) is 0 Å². The molecule has 2 aliphatic carbocycles. The molecule has 0 spiro atoms. The first kappa shape index (κ1) is 44.4. The van der Waals surface area contributed by atoms with Gasteiger partial charge in [-0.3, -0.25) is 0 Å². The van der Waals surface area contributed by atoms with Crippen molar-refractivity contribution in [2.45, 2.75) is 59.6 Å². The van der Waals surface area contributed by atoms with Crippen LogP contribution in [0.1, 0.15) is 105 Å². The van der Waals surface area contributed by atoms with Crippen LogP contribution in [0.15, 0.2) is 179 Å². The maximum atomic E-state index is 6.85. The smallest absolute Gasteiger partial charge is 1.00 e. The molecule has 5 heteroatoms. The minimum Gasteiger partial charge on any atom is -1.00 e. The predicted molar refractivity (Wildman–Crippen MR) is 251 cm³/mol. The van der Waals surface area contributed by atoms with Crippen LogP contribution in [0.25, 0.3) is 68.2 Å². The summed E-state index contributed by atoms with van der Waals surface area (Å²) in [7, 11) is 0. The second kappa shape index (κ2) is 19.3. The Morgan fingerprint density at radius 3 is 1.17 bits per heavy atom. The standard InChI is InChI=1S/2C29H25O.2ClH.Zr/c2*1-3-20(2)21-12-14-22(15-13-21)26-11-7-10-24-18-25(19-27(24)26)29-17-16-28(30-29)23-8-5-4-6-9-23;;;/h2*4-20H,3H2,1-2H3;2*1H;/q;;;;+2/p-2. The number of halogens is 2. The van der Waals surface area contributed by atoms with Crippen molar-refractivity contribution in [1.82, 2.24) is 0 Å². The predicted octanol–water partition coefficient (Wildman–Crippen LogP) is 10.5. The Balaban J connectivity index is 0.00000272. The average molecular weight is 941 g/mol. The summed E-state index contributed by atoms with van der Waals surface area (Å²) in [4.78, 5) is 0. The van der Waals surface area contributed by atoms with Crippen LogP contribution in [0.5, 0.6) is 0 Å². The van der Waals surface area contributed by atoms with Crippen molar-refractivity contribution in [3.8, 4) is 44.9 Å². The van der Waals surface area contributed by atoms with Gasteiger partial charge >= 0.3 is 375 Å². The van der Waals surface area contributed by atoms with Gasteiger partial charge in [-0.15, -0.1) is 0 Å². The second-order valence-corrected chi connectivity index (χ2v) is 20.4. The molecule has 0 N–H and O–H groups in total. The molecular formula is C58H50Cl2O2Zr. The fraction of sp³-hybridized carbons (Fsp3) is 0.172. The van der Waals surface area contributed by atoms with Gasteiger partial charge in [-0.1, -0.05) is 0 Å². The van der Waals surface area contributed by atoms with Crippen molar-refractivity contribution in [2.75, 3.05) is 0 Å². The zero-order valence-corrected chi connectivity index (χ0v) is 40.1. The van der Waals surface area contributed by atoms with E-state index in [1.54, 1.807) is 0 Å². The van der Waals surface area contributed by atoms with Crippen molar-refractivity contribution in [2.24, 2.45) is 0 Å². The normalized spacial score (nSPS) is 15.8. The molecule has 2 heterocycles. The largest absolute Gasteiger partial charge is 1.00 e. The SMILES string of the molecule is CCC(C)c1ccc(-c2cccc3c2C=C(c2ccc(-c4ccccc4)o2)[CH]3[Zr+2][CH]2C(c3ccc(-c4ccccc4)o3)=Cc3c(-c4ccc(C(C)CC)cc4)cccc32)cc1.[Cl-].[Cl-]. The van der Waals surface area contributed by atoms with Crippen LogP contribution >= 0.6 is 0 Å². The van der Waals surface area contributed by atoms with Crippen molar-refractivity contribution < 1.29 is 56.9 Å². The van der Waals surface area contributed by atoms with Gasteiger partial charge in [0.1, 0.15) is 0 Å². The van der Waals surface area contributed by atoms with E-state index in [1.807, 2.05) is 0 Å². The molecule has 4 unspecified atom stereocenters. The van der Waals surface area contributed by atoms with E-state index in [1.165, 1.54) is 66.8 Å². The van der Waals surface area contributed by atoms with Crippen LogP contribution in [0.3, 0.4) is 0 Å². The Hall–Kier alpha value is -5.18. The number of fused-ring (bicyclic) bond motifs is 2. The van der Waals surface area contributed by atoms with Gasteiger partial charge in [0.2, 0.25) is 0 Å². The number of hydrogen-bond acceptors (Lipinski definition) is 2. The number of benzene rings is 6. The maximum absolute atomic E-state index is 6.85. The summed E-state index contributed by atoms with van der Waals surface area (Å²) in [6.07, 6.45) is 7.18. The summed E-state index contributed by atoms with van der Waals surface area (Å²) >= 11 is -1.45. The van der Waals surface area contributed by atoms with Gasteiger partial charge in [0.25, 0.3) is 0 Å². The van der Waals surface area contributed by atoms with Crippen LogP contribution in [-0.4, -0.2) is 0 Å². The Bertz CT molecular complexity index is 2690. The maximum Gasteiger partial charge on any atom is -1.00 e. The molecule has 2 nitrogen and oxygen atoms in total. The van der Waals surface area contributed by atoms with Crippen LogP contribution in [0.4, 0.5) is 0 Å². The summed E-state index contributed by atoms with van der Waals surface area (Å²) in [6, 6.07) is 62.2. The molecule has 6 aromatic carbocycles. The molecule has 312 valence electrons. The fourth-order valence-corrected chi connectivity index (χ4v) is 14.1. The molecule has 0 bridgehead atoms. The third-order valence-corrected chi connectivity index (χ3v) is 17.9. The number of furan rings is 2. The van der Waals surface area contributed by atoms with E-state index in [-0.39, 0.29) is 32.1 Å². The van der Waals surface area contributed by atoms with Gasteiger partial charge < -0.3 is 24.8 Å². The summed E-state index contributed by atoms with van der Waals surface area (Å²) in [5, 5.41) is 0. The third kappa shape index (κ3) is 8.61. The van der Waals surface area contributed by atoms with Crippen molar-refractivity contribution in [1.29, 1.82) is 0 Å². The van der Waals surface area contributed by atoms with E-state index in [0.29, 0.717) is 11.8 Å². The summed E-state index contributed by atoms with van der Waals surface area (Å²) in [5.74, 6) is 4.80. The van der Waals surface area contributed by atoms with E-state index in [2.05, 4.69) is 210 Å². The first-order valence-electron chi connectivity index (χ1n) is 21.9. The van der Waals surface area contributed by atoms with Crippen LogP contribution < -0.4 is 24.8 Å². The molecule has 8 aromatic rings. The van der Waals surface area contributed by atoms with Gasteiger partial charge in [0.05, 0.1) is 0 Å². The minimum atomic E-state index is -1.45. The zero-order chi connectivity index (χ0) is 41.5. The van der Waals surface area contributed by atoms with Gasteiger partial charge in [-0.05, 0) is 0 Å². The molecule has 2 aliphatic rings. The Kier molecular flexibility index (Phi) is 13.6. The fourth-order valence-electron chi connectivity index (χ4n) is 9.22. The Labute approximate surface area is 396 Å². The van der Waals surface area contributed by atoms with Crippen molar-refractivity contribution in [3.05, 3.63) is 215 Å². The molecule has 10 rings (SSSR count). The number of rotatable bonds is 12. The first-order chi connectivity index (χ1) is 30.0. The molecule has 0 amide bonds. The molecule has 0 saturated carbocycles. The molecule has 0 saturated heterocycles. The molecule has 4 atom stereocenters. The number of allylic oxidation sites excluding steroid dienone is 2. The Morgan fingerprint density at radius 2 is 0.794 bits per heavy atom. The molecule has 0 aliphatic heterocycles. The van der Waals surface area contributed by atoms with E-state index in [0.717, 1.165) is 47.0 Å². The zero-order valence-electron chi connectivity index (χ0n) is 36.1. The van der Waals surface area contributed by atoms with Gasteiger partial charge in [0, 0.05) is 0 Å². The van der Waals surface area contributed by atoms with E-state index < -0.39 is 23.2 Å². The third-order valence-electron chi connectivity index (χ3n) is 13.2. The van der Waals surface area contributed by atoms with E-state index in [4.69, 9.17) is 8.83 Å². The summed E-state index contributed by atoms with van der Waals surface area (Å²) in [5.41, 5.74) is 18.1. The first-order valence-corrected chi connectivity index (χ1v) is 24.8. The van der Waals surface area contributed by atoms with Crippen molar-refractivity contribution in [3.63, 3.8) is 0 Å². The number of hydrogen-bond donors (Lipinski definition) is 0.